The van der Waals surface area contributed by atoms with E-state index in [1.807, 2.05) is 36.1 Å². The fourth-order valence-corrected chi connectivity index (χ4v) is 4.12. The number of aromatic nitrogens is 6. The number of ether oxygens (including phenoxy) is 1. The summed E-state index contributed by atoms with van der Waals surface area (Å²) >= 11 is 0. The third-order valence-electron chi connectivity index (χ3n) is 6.23. The molecular formula is C24H29N9O2. The van der Waals surface area contributed by atoms with Crippen molar-refractivity contribution in [1.29, 1.82) is 0 Å². The lowest BCUT2D eigenvalue weighted by Crippen LogP contribution is -2.48. The van der Waals surface area contributed by atoms with Gasteiger partial charge in [0.15, 0.2) is 11.6 Å². The number of amides is 1. The van der Waals surface area contributed by atoms with Gasteiger partial charge in [-0.05, 0) is 39.1 Å². The van der Waals surface area contributed by atoms with E-state index in [9.17, 15) is 4.79 Å². The molecule has 182 valence electrons. The normalized spacial score (nSPS) is 15.7. The van der Waals surface area contributed by atoms with Crippen LogP contribution in [0.25, 0.3) is 16.8 Å². The molecular weight excluding hydrogens is 446 g/mol. The third kappa shape index (κ3) is 4.54. The van der Waals surface area contributed by atoms with Crippen molar-refractivity contribution in [3.63, 3.8) is 0 Å². The molecule has 4 aromatic rings. The number of pyridine rings is 1. The summed E-state index contributed by atoms with van der Waals surface area (Å²) in [5.41, 5.74) is 3.13. The fraction of sp³-hybridized carbons (Fsp3) is 0.375. The van der Waals surface area contributed by atoms with Gasteiger partial charge in [0.05, 0.1) is 11.7 Å². The SMILES string of the molecule is Cc1nc(Nc2cc3cc(-c4c(OC[C@H]5CCN5C)cnn4C)ccn3n2)cc(C(=O)N(C)C)n1. The van der Waals surface area contributed by atoms with Crippen LogP contribution in [0.3, 0.4) is 0 Å². The molecule has 1 N–H and O–H groups in total. The number of hydrogen-bond acceptors (Lipinski definition) is 8. The number of nitrogens with zero attached hydrogens (tertiary/aromatic N) is 8. The van der Waals surface area contributed by atoms with E-state index in [4.69, 9.17) is 4.74 Å². The average molecular weight is 476 g/mol. The number of rotatable bonds is 7. The lowest BCUT2D eigenvalue weighted by Gasteiger charge is -2.37. The highest BCUT2D eigenvalue weighted by atomic mass is 16.5. The van der Waals surface area contributed by atoms with Gasteiger partial charge >= 0.3 is 0 Å². The highest BCUT2D eigenvalue weighted by Crippen LogP contribution is 2.31. The molecule has 0 radical (unpaired) electrons. The molecule has 1 fully saturated rings. The number of fused-ring (bicyclic) bond motifs is 1. The van der Waals surface area contributed by atoms with Crippen molar-refractivity contribution >= 4 is 23.1 Å². The Morgan fingerprint density at radius 1 is 1.20 bits per heavy atom. The van der Waals surface area contributed by atoms with E-state index < -0.39 is 0 Å². The second kappa shape index (κ2) is 8.99. The number of aryl methyl sites for hydroxylation is 2. The lowest BCUT2D eigenvalue weighted by molar-refractivity contribution is 0.0771. The van der Waals surface area contributed by atoms with E-state index in [0.717, 1.165) is 35.5 Å². The number of likely N-dealkylation sites (tertiary alicyclic amines) is 1. The van der Waals surface area contributed by atoms with Gasteiger partial charge in [-0.3, -0.25) is 14.4 Å². The highest BCUT2D eigenvalue weighted by molar-refractivity contribution is 5.92. The summed E-state index contributed by atoms with van der Waals surface area (Å²) in [5.74, 6) is 2.21. The van der Waals surface area contributed by atoms with E-state index >= 15 is 0 Å². The van der Waals surface area contributed by atoms with E-state index in [2.05, 4.69) is 37.4 Å². The summed E-state index contributed by atoms with van der Waals surface area (Å²) in [7, 11) is 7.41. The molecule has 11 nitrogen and oxygen atoms in total. The summed E-state index contributed by atoms with van der Waals surface area (Å²) in [5, 5.41) is 12.2. The molecule has 35 heavy (non-hydrogen) atoms. The minimum atomic E-state index is -0.184. The van der Waals surface area contributed by atoms with Gasteiger partial charge in [0.25, 0.3) is 5.91 Å². The van der Waals surface area contributed by atoms with Gasteiger partial charge in [0.2, 0.25) is 0 Å². The van der Waals surface area contributed by atoms with Crippen LogP contribution in [0.5, 0.6) is 5.75 Å². The Morgan fingerprint density at radius 3 is 2.74 bits per heavy atom. The van der Waals surface area contributed by atoms with E-state index in [-0.39, 0.29) is 5.91 Å². The standard InChI is InChI=1S/C24H29N9O2/c1-15-26-19(24(34)30(2)3)12-21(27-15)28-22-11-18-10-16(6-9-33(18)29-22)23-20(13-25-32(23)5)35-14-17-7-8-31(17)4/h6,9-13,17H,7-8,14H2,1-5H3,(H,26,27,28,29)/t17-/m1/s1. The molecule has 0 aromatic carbocycles. The number of hydrogen-bond donors (Lipinski definition) is 1. The molecule has 1 saturated heterocycles. The fourth-order valence-electron chi connectivity index (χ4n) is 4.12. The van der Waals surface area contributed by atoms with Crippen molar-refractivity contribution in [2.75, 3.05) is 39.6 Å². The first-order valence-corrected chi connectivity index (χ1v) is 11.5. The summed E-state index contributed by atoms with van der Waals surface area (Å²) in [4.78, 5) is 24.8. The zero-order chi connectivity index (χ0) is 24.7. The second-order valence-electron chi connectivity index (χ2n) is 9.04. The summed E-state index contributed by atoms with van der Waals surface area (Å²) in [6.07, 6.45) is 4.82. The highest BCUT2D eigenvalue weighted by Gasteiger charge is 2.25. The van der Waals surface area contributed by atoms with Crippen LogP contribution in [0, 0.1) is 6.92 Å². The maximum Gasteiger partial charge on any atom is 0.272 e. The average Bonchev–Trinajstić information content (AvgIpc) is 3.38. The molecule has 1 amide bonds. The van der Waals surface area contributed by atoms with Gasteiger partial charge in [0, 0.05) is 51.1 Å². The minimum Gasteiger partial charge on any atom is -0.488 e. The second-order valence-corrected chi connectivity index (χ2v) is 9.04. The summed E-state index contributed by atoms with van der Waals surface area (Å²) in [6, 6.07) is 8.04. The molecule has 11 heteroatoms. The van der Waals surface area contributed by atoms with E-state index in [1.165, 1.54) is 4.90 Å². The molecule has 4 aromatic heterocycles. The van der Waals surface area contributed by atoms with Crippen LogP contribution < -0.4 is 10.1 Å². The Bertz CT molecular complexity index is 1390. The number of nitrogens with one attached hydrogen (secondary N) is 1. The molecule has 0 spiro atoms. The maximum absolute atomic E-state index is 12.3. The zero-order valence-electron chi connectivity index (χ0n) is 20.6. The first kappa shape index (κ1) is 22.8. The van der Waals surface area contributed by atoms with Crippen LogP contribution in [0.4, 0.5) is 11.6 Å². The van der Waals surface area contributed by atoms with Gasteiger partial charge in [-0.25, -0.2) is 14.5 Å². The summed E-state index contributed by atoms with van der Waals surface area (Å²) < 4.78 is 9.75. The molecule has 1 aliphatic rings. The maximum atomic E-state index is 12.3. The van der Waals surface area contributed by atoms with Gasteiger partial charge in [0.1, 0.15) is 29.6 Å². The van der Waals surface area contributed by atoms with Crippen LogP contribution in [0.15, 0.2) is 36.7 Å². The van der Waals surface area contributed by atoms with E-state index in [1.54, 1.807) is 37.8 Å². The summed E-state index contributed by atoms with van der Waals surface area (Å²) in [6.45, 7) is 3.52. The first-order valence-electron chi connectivity index (χ1n) is 11.5. The van der Waals surface area contributed by atoms with Crippen LogP contribution in [0.2, 0.25) is 0 Å². The quantitative estimate of drug-likeness (QED) is 0.434. The molecule has 0 unspecified atom stereocenters. The van der Waals surface area contributed by atoms with Crippen LogP contribution in [-0.4, -0.2) is 85.4 Å². The minimum absolute atomic E-state index is 0.184. The predicted molar refractivity (Wildman–Crippen MR) is 132 cm³/mol. The Morgan fingerprint density at radius 2 is 2.03 bits per heavy atom. The number of carbonyl (C=O) groups is 1. The van der Waals surface area contributed by atoms with Gasteiger partial charge < -0.3 is 15.0 Å². The van der Waals surface area contributed by atoms with Crippen molar-refractivity contribution in [3.05, 3.63) is 48.2 Å². The Labute approximate surface area is 203 Å². The topological polar surface area (TPSA) is 106 Å². The Kier molecular flexibility index (Phi) is 5.85. The van der Waals surface area contributed by atoms with E-state index in [0.29, 0.717) is 35.8 Å². The zero-order valence-corrected chi connectivity index (χ0v) is 20.6. The van der Waals surface area contributed by atoms with Crippen molar-refractivity contribution in [2.24, 2.45) is 7.05 Å². The third-order valence-corrected chi connectivity index (χ3v) is 6.23. The number of carbonyl (C=O) groups excluding carboxylic acids is 1. The van der Waals surface area contributed by atoms with Crippen molar-refractivity contribution in [1.82, 2.24) is 39.2 Å². The van der Waals surface area contributed by atoms with Gasteiger partial charge in [-0.1, -0.05) is 0 Å². The molecule has 1 atom stereocenters. The van der Waals surface area contributed by atoms with Crippen molar-refractivity contribution < 1.29 is 9.53 Å². The predicted octanol–water partition coefficient (Wildman–Crippen LogP) is 2.36. The first-order chi connectivity index (χ1) is 16.8. The van der Waals surface area contributed by atoms with Crippen LogP contribution >= 0.6 is 0 Å². The van der Waals surface area contributed by atoms with Gasteiger partial charge in [-0.15, -0.1) is 0 Å². The number of likely N-dealkylation sites (N-methyl/N-ethyl adjacent to an activating group) is 1. The molecule has 0 bridgehead atoms. The monoisotopic (exact) mass is 475 g/mol. The van der Waals surface area contributed by atoms with Crippen LogP contribution in [-0.2, 0) is 7.05 Å². The molecule has 5 heterocycles. The molecule has 5 rings (SSSR count). The smallest absolute Gasteiger partial charge is 0.272 e. The number of anilines is 2. The van der Waals surface area contributed by atoms with Gasteiger partial charge in [-0.2, -0.15) is 10.2 Å². The van der Waals surface area contributed by atoms with Crippen LogP contribution in [0.1, 0.15) is 22.7 Å². The van der Waals surface area contributed by atoms with Crippen molar-refractivity contribution in [3.8, 4) is 17.0 Å². The molecule has 0 aliphatic carbocycles. The Hall–Kier alpha value is -3.99. The molecule has 1 aliphatic heterocycles. The molecule has 0 saturated carbocycles. The van der Waals surface area contributed by atoms with Crippen molar-refractivity contribution in [2.45, 2.75) is 19.4 Å². The Balaban J connectivity index is 1.39. The lowest BCUT2D eigenvalue weighted by atomic mass is 10.1. The largest absolute Gasteiger partial charge is 0.488 e.